The molecule has 1 aromatic carbocycles. The highest BCUT2D eigenvalue weighted by Gasteiger charge is 2.10. The van der Waals surface area contributed by atoms with Gasteiger partial charge in [0.15, 0.2) is 0 Å². The molecular weight excluding hydrogens is 270 g/mol. The molecular formula is C15H23N3O3. The lowest BCUT2D eigenvalue weighted by Crippen LogP contribution is -2.26. The smallest absolute Gasteiger partial charge is 0.293 e. The lowest BCUT2D eigenvalue weighted by Gasteiger charge is -2.18. The van der Waals surface area contributed by atoms with Gasteiger partial charge >= 0.3 is 0 Å². The van der Waals surface area contributed by atoms with Gasteiger partial charge in [0.05, 0.1) is 19.4 Å². The average Bonchev–Trinajstić information content (AvgIpc) is 2.45. The Morgan fingerprint density at radius 2 is 2.10 bits per heavy atom. The number of nitrogens with two attached hydrogens (primary N) is 2. The summed E-state index contributed by atoms with van der Waals surface area (Å²) >= 11 is 0. The molecule has 4 N–H and O–H groups in total. The van der Waals surface area contributed by atoms with Gasteiger partial charge in [0.1, 0.15) is 11.4 Å². The normalized spacial score (nSPS) is 8.62. The van der Waals surface area contributed by atoms with Crippen LogP contribution in [0, 0.1) is 0 Å². The van der Waals surface area contributed by atoms with Crippen LogP contribution >= 0.6 is 0 Å². The number of allylic oxidation sites excluding steroid dienone is 1. The van der Waals surface area contributed by atoms with Crippen LogP contribution in [0.3, 0.4) is 0 Å². The van der Waals surface area contributed by atoms with Crippen molar-refractivity contribution in [3.63, 3.8) is 0 Å². The topological polar surface area (TPSA) is 90.8 Å². The van der Waals surface area contributed by atoms with Crippen molar-refractivity contribution < 1.29 is 14.3 Å². The first kappa shape index (κ1) is 18.6. The lowest BCUT2D eigenvalue weighted by atomic mass is 10.1. The summed E-state index contributed by atoms with van der Waals surface area (Å²) in [6.07, 6.45) is 3.66. The van der Waals surface area contributed by atoms with Gasteiger partial charge in [0.2, 0.25) is 0 Å². The van der Waals surface area contributed by atoms with Crippen LogP contribution in [0.5, 0.6) is 5.75 Å². The van der Waals surface area contributed by atoms with Gasteiger partial charge in [0, 0.05) is 7.05 Å². The number of hydrogen-bond acceptors (Lipinski definition) is 6. The number of anilines is 2. The molecule has 0 amide bonds. The fourth-order valence-electron chi connectivity index (χ4n) is 1.52. The number of benzene rings is 1. The Hall–Kier alpha value is -2.43. The standard InChI is InChI=1S/C12H17N3O.C3H6O2/c1-4-5-6-9-7-10(13)12(15(2)14)11(8-9)16-3;1-2-5-3-4/h4,6-8H,13-14H2,1-3H3;3H,2H2,1H3. The summed E-state index contributed by atoms with van der Waals surface area (Å²) in [4.78, 5) is 9.18. The molecule has 0 aromatic heterocycles. The fourth-order valence-corrected chi connectivity index (χ4v) is 1.52. The Labute approximate surface area is 125 Å². The molecule has 1 aromatic rings. The first-order valence-electron chi connectivity index (χ1n) is 6.40. The predicted molar refractivity (Wildman–Crippen MR) is 85.9 cm³/mol. The first-order valence-corrected chi connectivity index (χ1v) is 6.40. The van der Waals surface area contributed by atoms with Crippen molar-refractivity contribution in [2.75, 3.05) is 31.5 Å². The number of hydrogen-bond donors (Lipinski definition) is 2. The van der Waals surface area contributed by atoms with Gasteiger partial charge in [-0.15, -0.1) is 5.73 Å². The van der Waals surface area contributed by atoms with Gasteiger partial charge in [-0.1, -0.05) is 0 Å². The third-order valence-electron chi connectivity index (χ3n) is 2.35. The molecule has 0 spiro atoms. The third-order valence-corrected chi connectivity index (χ3v) is 2.35. The maximum atomic E-state index is 9.18. The van der Waals surface area contributed by atoms with E-state index in [1.807, 2.05) is 31.2 Å². The molecule has 0 aliphatic carbocycles. The zero-order chi connectivity index (χ0) is 16.3. The Kier molecular flexibility index (Phi) is 9.17. The van der Waals surface area contributed by atoms with Crippen LogP contribution in [0.1, 0.15) is 19.4 Å². The summed E-state index contributed by atoms with van der Waals surface area (Å²) in [5.41, 5.74) is 11.1. The van der Waals surface area contributed by atoms with Crippen molar-refractivity contribution in [3.8, 4) is 5.75 Å². The number of ether oxygens (including phenoxy) is 2. The van der Waals surface area contributed by atoms with Crippen LogP contribution in [0.4, 0.5) is 11.4 Å². The van der Waals surface area contributed by atoms with Crippen LogP contribution < -0.4 is 21.3 Å². The molecule has 0 atom stereocenters. The molecule has 0 unspecified atom stereocenters. The summed E-state index contributed by atoms with van der Waals surface area (Å²) in [5, 5.41) is 1.44. The van der Waals surface area contributed by atoms with Crippen molar-refractivity contribution in [3.05, 3.63) is 29.5 Å². The Bertz CT molecular complexity index is 507. The minimum absolute atomic E-state index is 0.431. The number of nitrogens with zero attached hydrogens (tertiary/aromatic N) is 1. The van der Waals surface area contributed by atoms with Crippen molar-refractivity contribution in [2.24, 2.45) is 5.84 Å². The van der Waals surface area contributed by atoms with E-state index in [0.29, 0.717) is 30.2 Å². The van der Waals surface area contributed by atoms with Crippen molar-refractivity contribution in [1.29, 1.82) is 0 Å². The summed E-state index contributed by atoms with van der Waals surface area (Å²) in [5.74, 6) is 6.33. The van der Waals surface area contributed by atoms with E-state index in [9.17, 15) is 4.79 Å². The summed E-state index contributed by atoms with van der Waals surface area (Å²) in [6.45, 7) is 4.57. The minimum atomic E-state index is 0.431. The largest absolute Gasteiger partial charge is 0.494 e. The number of rotatable bonds is 5. The molecule has 0 saturated carbocycles. The number of hydrazine groups is 1. The second-order valence-electron chi connectivity index (χ2n) is 3.92. The van der Waals surface area contributed by atoms with E-state index in [1.54, 1.807) is 21.1 Å². The predicted octanol–water partition coefficient (Wildman–Crippen LogP) is 1.95. The number of methoxy groups -OCH3 is 1. The van der Waals surface area contributed by atoms with E-state index in [4.69, 9.17) is 16.3 Å². The molecule has 0 aliphatic rings. The van der Waals surface area contributed by atoms with Crippen LogP contribution in [-0.4, -0.2) is 27.2 Å². The summed E-state index contributed by atoms with van der Waals surface area (Å²) < 4.78 is 9.40. The van der Waals surface area contributed by atoms with Crippen LogP contribution in [0.15, 0.2) is 23.9 Å². The maximum absolute atomic E-state index is 9.18. The molecule has 0 saturated heterocycles. The monoisotopic (exact) mass is 293 g/mol. The van der Waals surface area contributed by atoms with Crippen LogP contribution in [0.2, 0.25) is 0 Å². The molecule has 0 aliphatic heterocycles. The summed E-state index contributed by atoms with van der Waals surface area (Å²) in [7, 11) is 3.31. The SMILES string of the molecule is CC=C=Cc1cc(N)c(N(C)N)c(OC)c1.CCOC=O. The molecule has 0 radical (unpaired) electrons. The molecule has 0 fully saturated rings. The quantitative estimate of drug-likeness (QED) is 0.283. The number of carbonyl (C=O) groups excluding carboxylic acids is 1. The van der Waals surface area contributed by atoms with Gasteiger partial charge in [0.25, 0.3) is 6.47 Å². The second-order valence-corrected chi connectivity index (χ2v) is 3.92. The van der Waals surface area contributed by atoms with Gasteiger partial charge in [-0.05, 0) is 43.7 Å². The van der Waals surface area contributed by atoms with E-state index in [1.165, 1.54) is 5.01 Å². The lowest BCUT2D eigenvalue weighted by molar-refractivity contribution is -0.128. The highest BCUT2D eigenvalue weighted by molar-refractivity contribution is 5.77. The molecule has 0 heterocycles. The van der Waals surface area contributed by atoms with E-state index < -0.39 is 0 Å². The van der Waals surface area contributed by atoms with Gasteiger partial charge in [-0.2, -0.15) is 0 Å². The Morgan fingerprint density at radius 3 is 2.48 bits per heavy atom. The number of nitrogen functional groups attached to an aromatic ring is 1. The molecule has 6 heteroatoms. The Morgan fingerprint density at radius 1 is 1.43 bits per heavy atom. The van der Waals surface area contributed by atoms with E-state index >= 15 is 0 Å². The highest BCUT2D eigenvalue weighted by Crippen LogP contribution is 2.34. The van der Waals surface area contributed by atoms with Crippen molar-refractivity contribution in [2.45, 2.75) is 13.8 Å². The second kappa shape index (κ2) is 10.4. The number of carbonyl (C=O) groups is 1. The molecule has 1 rings (SSSR count). The van der Waals surface area contributed by atoms with Crippen molar-refractivity contribution >= 4 is 23.9 Å². The maximum Gasteiger partial charge on any atom is 0.293 e. The third kappa shape index (κ3) is 6.51. The highest BCUT2D eigenvalue weighted by atomic mass is 16.5. The first-order chi connectivity index (χ1) is 10.0. The van der Waals surface area contributed by atoms with Crippen LogP contribution in [0.25, 0.3) is 6.08 Å². The molecule has 21 heavy (non-hydrogen) atoms. The minimum Gasteiger partial charge on any atom is -0.494 e. The summed E-state index contributed by atoms with van der Waals surface area (Å²) in [6, 6.07) is 3.70. The zero-order valence-corrected chi connectivity index (χ0v) is 12.9. The van der Waals surface area contributed by atoms with Crippen LogP contribution in [-0.2, 0) is 9.53 Å². The van der Waals surface area contributed by atoms with Gasteiger partial charge in [-0.25, -0.2) is 5.84 Å². The van der Waals surface area contributed by atoms with E-state index in [-0.39, 0.29) is 0 Å². The Balaban J connectivity index is 0.000000690. The zero-order valence-electron chi connectivity index (χ0n) is 12.9. The van der Waals surface area contributed by atoms with Gasteiger partial charge in [-0.3, -0.25) is 4.79 Å². The average molecular weight is 293 g/mol. The fraction of sp³-hybridized carbons (Fsp3) is 0.333. The van der Waals surface area contributed by atoms with Gasteiger partial charge < -0.3 is 20.2 Å². The van der Waals surface area contributed by atoms with E-state index in [2.05, 4.69) is 10.5 Å². The molecule has 6 nitrogen and oxygen atoms in total. The molecule has 116 valence electrons. The van der Waals surface area contributed by atoms with Crippen molar-refractivity contribution in [1.82, 2.24) is 0 Å². The molecule has 0 bridgehead atoms. The van der Waals surface area contributed by atoms with E-state index in [0.717, 1.165) is 5.56 Å².